The minimum absolute atomic E-state index is 0.104. The Morgan fingerprint density at radius 1 is 0.259 bits per heavy atom. The molecule has 1 unspecified atom stereocenters. The molecule has 0 aliphatic heterocycles. The summed E-state index contributed by atoms with van der Waals surface area (Å²) in [6, 6.07) is 0. The Morgan fingerprint density at radius 3 is 0.778 bits per heavy atom. The highest BCUT2D eigenvalue weighted by molar-refractivity contribution is 5.71. The quantitative estimate of drug-likeness (QED) is 0.0261. The van der Waals surface area contributed by atoms with Crippen LogP contribution >= 0.6 is 0 Å². The van der Waals surface area contributed by atoms with Crippen LogP contribution in [-0.4, -0.2) is 37.2 Å². The summed E-state index contributed by atoms with van der Waals surface area (Å²) in [6.45, 7) is 6.36. The number of hydrogen-bond donors (Lipinski definition) is 0. The van der Waals surface area contributed by atoms with E-state index in [1.54, 1.807) is 0 Å². The first-order valence-electron chi connectivity index (χ1n) is 33.3. The molecule has 0 heterocycles. The second-order valence-corrected chi connectivity index (χ2v) is 21.6. The third kappa shape index (κ3) is 66.0. The summed E-state index contributed by atoms with van der Waals surface area (Å²) in [5.74, 6) is -0.954. The van der Waals surface area contributed by atoms with Gasteiger partial charge in [0.1, 0.15) is 13.2 Å². The highest BCUT2D eigenvalue weighted by Crippen LogP contribution is 2.15. The van der Waals surface area contributed by atoms with Gasteiger partial charge in [-0.05, 0) is 141 Å². The van der Waals surface area contributed by atoms with Gasteiger partial charge in [-0.15, -0.1) is 0 Å². The molecule has 0 amide bonds. The van der Waals surface area contributed by atoms with Gasteiger partial charge in [-0.3, -0.25) is 14.4 Å². The fourth-order valence-corrected chi connectivity index (χ4v) is 8.88. The number of hydrogen-bond acceptors (Lipinski definition) is 6. The van der Waals surface area contributed by atoms with E-state index in [-0.39, 0.29) is 37.5 Å². The van der Waals surface area contributed by atoms with Gasteiger partial charge in [-0.2, -0.15) is 0 Å². The number of carbonyl (C=O) groups excluding carboxylic acids is 3. The molecule has 0 bridgehead atoms. The molecule has 0 rings (SSSR count). The van der Waals surface area contributed by atoms with Gasteiger partial charge < -0.3 is 14.2 Å². The summed E-state index contributed by atoms with van der Waals surface area (Å²) in [7, 11) is 0. The SMILES string of the molecule is CC/C=C\C/C=C\C/C=C\C/C=C\C/C=C\C/C=C\CCCCC(=O)OC(COC(=O)CCCCCCCCC/C=C\C/C=C\CCCCC)COC(=O)CCCCCCCCCCCCCC/C=C\C/C=C\C/C=C\C/C=C\CC. The Kier molecular flexibility index (Phi) is 63.9. The van der Waals surface area contributed by atoms with Gasteiger partial charge in [0.15, 0.2) is 6.10 Å². The lowest BCUT2D eigenvalue weighted by Gasteiger charge is -2.18. The molecule has 0 saturated carbocycles. The minimum atomic E-state index is -0.813. The molecule has 1 atom stereocenters. The van der Waals surface area contributed by atoms with Gasteiger partial charge in [-0.1, -0.05) is 276 Å². The lowest BCUT2D eigenvalue weighted by Crippen LogP contribution is -2.30. The van der Waals surface area contributed by atoms with E-state index in [0.29, 0.717) is 19.3 Å². The number of ether oxygens (including phenoxy) is 3. The van der Waals surface area contributed by atoms with Crippen molar-refractivity contribution in [3.8, 4) is 0 Å². The zero-order valence-electron chi connectivity index (χ0n) is 52.5. The second kappa shape index (κ2) is 67.8. The van der Waals surface area contributed by atoms with Crippen LogP contribution in [0.4, 0.5) is 0 Å². The Hall–Kier alpha value is -4.71. The Balaban J connectivity index is 4.46. The van der Waals surface area contributed by atoms with Crippen LogP contribution in [0.5, 0.6) is 0 Å². The predicted octanol–water partition coefficient (Wildman–Crippen LogP) is 23.1. The number of rotatable bonds is 59. The second-order valence-electron chi connectivity index (χ2n) is 21.6. The predicted molar refractivity (Wildman–Crippen MR) is 352 cm³/mol. The molecule has 0 aliphatic rings. The van der Waals surface area contributed by atoms with Crippen molar-refractivity contribution >= 4 is 17.9 Å². The van der Waals surface area contributed by atoms with Gasteiger partial charge in [0, 0.05) is 19.3 Å². The molecule has 0 aromatic carbocycles. The van der Waals surface area contributed by atoms with Crippen LogP contribution in [0.1, 0.15) is 290 Å². The van der Waals surface area contributed by atoms with Crippen molar-refractivity contribution in [2.75, 3.05) is 13.2 Å². The average molecular weight is 1120 g/mol. The molecule has 458 valence electrons. The van der Waals surface area contributed by atoms with Crippen LogP contribution < -0.4 is 0 Å². The molecule has 0 aromatic heterocycles. The molecule has 0 fully saturated rings. The van der Waals surface area contributed by atoms with E-state index in [1.165, 1.54) is 116 Å². The molecular weight excluding hydrogens is 997 g/mol. The molecule has 6 heteroatoms. The highest BCUT2D eigenvalue weighted by atomic mass is 16.6. The van der Waals surface area contributed by atoms with Gasteiger partial charge >= 0.3 is 17.9 Å². The Bertz CT molecular complexity index is 1760. The number of allylic oxidation sites excluding steroid dienone is 24. The first-order valence-corrected chi connectivity index (χ1v) is 33.3. The molecule has 0 spiro atoms. The van der Waals surface area contributed by atoms with E-state index in [9.17, 15) is 14.4 Å². The summed E-state index contributed by atoms with van der Waals surface area (Å²) >= 11 is 0. The average Bonchev–Trinajstić information content (AvgIpc) is 3.47. The molecule has 0 radical (unpaired) electrons. The largest absolute Gasteiger partial charge is 0.462 e. The maximum atomic E-state index is 12.9. The van der Waals surface area contributed by atoms with Crippen LogP contribution in [0.15, 0.2) is 146 Å². The normalized spacial score (nSPS) is 13.1. The standard InChI is InChI=1S/C75H122O6/c1-4-7-10-13-16-19-22-25-28-31-33-35-36-37-38-40-41-44-47-50-53-56-59-62-65-68-74(77)80-71-72(70-79-73(76)67-64-61-58-55-52-49-46-43-30-27-24-21-18-15-12-9-6-3)81-75(78)69-66-63-60-57-54-51-48-45-42-39-34-32-29-26-23-20-17-14-11-8-5-2/h7-8,10-11,16-21,25-30,33-35,39,45,48,54,57,72H,4-6,9,12-15,22-24,31-32,36-38,40-44,46-47,49-53,55-56,58-71H2,1-3H3/b10-7-,11-8-,19-16-,20-17-,21-18-,28-25-,29-26-,30-27-,35-33-,39-34-,48-45-,57-54-. The maximum Gasteiger partial charge on any atom is 0.306 e. The zero-order valence-corrected chi connectivity index (χ0v) is 52.5. The van der Waals surface area contributed by atoms with E-state index in [1.807, 2.05) is 0 Å². The number of esters is 3. The van der Waals surface area contributed by atoms with Crippen LogP contribution in [0.2, 0.25) is 0 Å². The summed E-state index contributed by atoms with van der Waals surface area (Å²) in [5.41, 5.74) is 0. The van der Waals surface area contributed by atoms with Crippen molar-refractivity contribution in [3.63, 3.8) is 0 Å². The minimum Gasteiger partial charge on any atom is -0.462 e. The summed E-state index contributed by atoms with van der Waals surface area (Å²) < 4.78 is 16.9. The smallest absolute Gasteiger partial charge is 0.306 e. The Labute approximate surface area is 499 Å². The van der Waals surface area contributed by atoms with Gasteiger partial charge in [0.2, 0.25) is 0 Å². The number of unbranched alkanes of at least 4 members (excludes halogenated alkanes) is 24. The van der Waals surface area contributed by atoms with E-state index in [4.69, 9.17) is 14.2 Å². The summed E-state index contributed by atoms with van der Waals surface area (Å²) in [5, 5.41) is 0. The van der Waals surface area contributed by atoms with Crippen molar-refractivity contribution in [1.82, 2.24) is 0 Å². The first-order chi connectivity index (χ1) is 40.0. The highest BCUT2D eigenvalue weighted by Gasteiger charge is 2.19. The van der Waals surface area contributed by atoms with E-state index >= 15 is 0 Å². The zero-order chi connectivity index (χ0) is 58.5. The molecule has 0 N–H and O–H groups in total. The number of carbonyl (C=O) groups is 3. The van der Waals surface area contributed by atoms with Gasteiger partial charge in [0.05, 0.1) is 0 Å². The van der Waals surface area contributed by atoms with Crippen LogP contribution in [0, 0.1) is 0 Å². The topological polar surface area (TPSA) is 78.9 Å². The van der Waals surface area contributed by atoms with Crippen LogP contribution in [0.25, 0.3) is 0 Å². The molecule has 6 nitrogen and oxygen atoms in total. The fourth-order valence-electron chi connectivity index (χ4n) is 8.88. The monoisotopic (exact) mass is 1120 g/mol. The van der Waals surface area contributed by atoms with Crippen molar-refractivity contribution in [3.05, 3.63) is 146 Å². The third-order valence-electron chi connectivity index (χ3n) is 13.8. The Morgan fingerprint density at radius 2 is 0.481 bits per heavy atom. The van der Waals surface area contributed by atoms with Crippen molar-refractivity contribution in [2.24, 2.45) is 0 Å². The van der Waals surface area contributed by atoms with Crippen molar-refractivity contribution < 1.29 is 28.6 Å². The first kappa shape index (κ1) is 76.3. The summed E-state index contributed by atoms with van der Waals surface area (Å²) in [6.07, 6.45) is 97.1. The molecule has 0 saturated heterocycles. The maximum absolute atomic E-state index is 12.9. The fraction of sp³-hybridized carbons (Fsp3) is 0.640. The molecule has 0 aliphatic carbocycles. The lowest BCUT2D eigenvalue weighted by atomic mass is 10.0. The van der Waals surface area contributed by atoms with Crippen LogP contribution in [-0.2, 0) is 28.6 Å². The molecule has 81 heavy (non-hydrogen) atoms. The van der Waals surface area contributed by atoms with Gasteiger partial charge in [-0.25, -0.2) is 0 Å². The summed E-state index contributed by atoms with van der Waals surface area (Å²) in [4.78, 5) is 38.4. The lowest BCUT2D eigenvalue weighted by molar-refractivity contribution is -0.167. The van der Waals surface area contributed by atoms with E-state index in [0.717, 1.165) is 128 Å². The van der Waals surface area contributed by atoms with Gasteiger partial charge in [0.25, 0.3) is 0 Å². The third-order valence-corrected chi connectivity index (χ3v) is 13.8. The van der Waals surface area contributed by atoms with Crippen molar-refractivity contribution in [1.29, 1.82) is 0 Å². The van der Waals surface area contributed by atoms with Crippen molar-refractivity contribution in [2.45, 2.75) is 297 Å². The molecular formula is C75H122O6. The van der Waals surface area contributed by atoms with E-state index in [2.05, 4.69) is 167 Å². The molecule has 0 aromatic rings. The van der Waals surface area contributed by atoms with Crippen LogP contribution in [0.3, 0.4) is 0 Å². The van der Waals surface area contributed by atoms with E-state index < -0.39 is 6.10 Å².